The Balaban J connectivity index is 1.48. The van der Waals surface area contributed by atoms with Crippen LogP contribution in [0.5, 0.6) is 5.75 Å². The van der Waals surface area contributed by atoms with Crippen LogP contribution in [0.25, 0.3) is 0 Å². The second-order valence-corrected chi connectivity index (χ2v) is 6.30. The molecule has 0 aromatic heterocycles. The van der Waals surface area contributed by atoms with Crippen LogP contribution in [0, 0.1) is 0 Å². The lowest BCUT2D eigenvalue weighted by Gasteiger charge is -2.36. The second kappa shape index (κ2) is 6.26. The van der Waals surface area contributed by atoms with E-state index in [1.807, 2.05) is 24.0 Å². The molecule has 0 atom stereocenters. The molecular formula is C17H25N3O2. The molecule has 5 nitrogen and oxygen atoms in total. The molecule has 1 saturated heterocycles. The first-order valence-electron chi connectivity index (χ1n) is 8.13. The number of rotatable bonds is 5. The highest BCUT2D eigenvalue weighted by molar-refractivity contribution is 5.89. The van der Waals surface area contributed by atoms with Gasteiger partial charge in [0.1, 0.15) is 5.75 Å². The van der Waals surface area contributed by atoms with Gasteiger partial charge in [0.15, 0.2) is 0 Å². The third-order valence-corrected chi connectivity index (χ3v) is 4.51. The molecule has 1 heterocycles. The molecule has 0 radical (unpaired) electrons. The minimum atomic E-state index is -0.530. The largest absolute Gasteiger partial charge is 0.494 e. The lowest BCUT2D eigenvalue weighted by Crippen LogP contribution is -2.53. The number of nitrogens with zero attached hydrogens (tertiary/aromatic N) is 2. The molecule has 1 saturated carbocycles. The van der Waals surface area contributed by atoms with Crippen LogP contribution in [-0.4, -0.2) is 54.0 Å². The van der Waals surface area contributed by atoms with Crippen molar-refractivity contribution < 1.29 is 9.53 Å². The first-order chi connectivity index (χ1) is 10.6. The first-order valence-corrected chi connectivity index (χ1v) is 8.13. The van der Waals surface area contributed by atoms with E-state index in [0.29, 0.717) is 6.61 Å². The molecule has 0 bridgehead atoms. The van der Waals surface area contributed by atoms with Gasteiger partial charge in [0.05, 0.1) is 12.1 Å². The zero-order valence-electron chi connectivity index (χ0n) is 13.3. The molecule has 3 rings (SSSR count). The molecule has 1 aliphatic heterocycles. The highest BCUT2D eigenvalue weighted by Gasteiger charge is 2.48. The predicted molar refractivity (Wildman–Crippen MR) is 85.6 cm³/mol. The SMILES string of the molecule is CCOc1ccc(CN2CCN(C(=O)C3(N)CC3)CC2)cc1. The van der Waals surface area contributed by atoms with Gasteiger partial charge >= 0.3 is 0 Å². The number of benzene rings is 1. The molecule has 120 valence electrons. The summed E-state index contributed by atoms with van der Waals surface area (Å²) in [6, 6.07) is 8.26. The standard InChI is InChI=1S/C17H25N3O2/c1-2-22-15-5-3-14(4-6-15)13-19-9-11-20(12-10-19)16(21)17(18)7-8-17/h3-6H,2,7-13,18H2,1H3. The minimum Gasteiger partial charge on any atom is -0.494 e. The quantitative estimate of drug-likeness (QED) is 0.888. The van der Waals surface area contributed by atoms with Gasteiger partial charge in [-0.3, -0.25) is 9.69 Å². The molecule has 22 heavy (non-hydrogen) atoms. The van der Waals surface area contributed by atoms with Crippen LogP contribution in [0.4, 0.5) is 0 Å². The molecule has 0 spiro atoms. The van der Waals surface area contributed by atoms with Gasteiger partial charge in [-0.25, -0.2) is 0 Å². The first kappa shape index (κ1) is 15.3. The maximum Gasteiger partial charge on any atom is 0.242 e. The van der Waals surface area contributed by atoms with Gasteiger partial charge in [-0.05, 0) is 37.5 Å². The number of piperazine rings is 1. The van der Waals surface area contributed by atoms with Crippen LogP contribution in [0.2, 0.25) is 0 Å². The molecule has 2 N–H and O–H groups in total. The molecule has 1 amide bonds. The smallest absolute Gasteiger partial charge is 0.242 e. The lowest BCUT2D eigenvalue weighted by atomic mass is 10.1. The zero-order valence-corrected chi connectivity index (χ0v) is 13.3. The summed E-state index contributed by atoms with van der Waals surface area (Å²) in [6.45, 7) is 7.00. The summed E-state index contributed by atoms with van der Waals surface area (Å²) in [5.74, 6) is 1.06. The van der Waals surface area contributed by atoms with Crippen molar-refractivity contribution in [1.29, 1.82) is 0 Å². The summed E-state index contributed by atoms with van der Waals surface area (Å²) >= 11 is 0. The Labute approximate surface area is 132 Å². The number of nitrogens with two attached hydrogens (primary N) is 1. The molecule has 1 aromatic rings. The Hall–Kier alpha value is -1.59. The van der Waals surface area contributed by atoms with Gasteiger partial charge < -0.3 is 15.4 Å². The van der Waals surface area contributed by atoms with Crippen molar-refractivity contribution in [2.24, 2.45) is 5.73 Å². The van der Waals surface area contributed by atoms with Gasteiger partial charge in [0.25, 0.3) is 0 Å². The fourth-order valence-electron chi connectivity index (χ4n) is 2.89. The van der Waals surface area contributed by atoms with E-state index in [0.717, 1.165) is 51.3 Å². The highest BCUT2D eigenvalue weighted by Crippen LogP contribution is 2.34. The van der Waals surface area contributed by atoms with Crippen LogP contribution in [-0.2, 0) is 11.3 Å². The van der Waals surface area contributed by atoms with Crippen molar-refractivity contribution in [2.75, 3.05) is 32.8 Å². The van der Waals surface area contributed by atoms with E-state index in [4.69, 9.17) is 10.5 Å². The van der Waals surface area contributed by atoms with E-state index in [2.05, 4.69) is 17.0 Å². The van der Waals surface area contributed by atoms with E-state index < -0.39 is 5.54 Å². The van der Waals surface area contributed by atoms with Crippen LogP contribution in [0.1, 0.15) is 25.3 Å². The van der Waals surface area contributed by atoms with E-state index in [1.165, 1.54) is 5.56 Å². The maximum atomic E-state index is 12.2. The van der Waals surface area contributed by atoms with Crippen LogP contribution in [0.3, 0.4) is 0 Å². The summed E-state index contributed by atoms with van der Waals surface area (Å²) < 4.78 is 5.46. The van der Waals surface area contributed by atoms with Gasteiger partial charge in [0, 0.05) is 32.7 Å². The Kier molecular flexibility index (Phi) is 4.36. The summed E-state index contributed by atoms with van der Waals surface area (Å²) in [5.41, 5.74) is 6.75. The van der Waals surface area contributed by atoms with Crippen LogP contribution >= 0.6 is 0 Å². The molecular weight excluding hydrogens is 278 g/mol. The number of carbonyl (C=O) groups excluding carboxylic acids is 1. The summed E-state index contributed by atoms with van der Waals surface area (Å²) in [7, 11) is 0. The maximum absolute atomic E-state index is 12.2. The van der Waals surface area contributed by atoms with Crippen molar-refractivity contribution in [1.82, 2.24) is 9.80 Å². The molecule has 1 aliphatic carbocycles. The normalized spacial score (nSPS) is 20.7. The van der Waals surface area contributed by atoms with Gasteiger partial charge in [-0.1, -0.05) is 12.1 Å². The number of carbonyl (C=O) groups is 1. The van der Waals surface area contributed by atoms with Crippen LogP contribution in [0.15, 0.2) is 24.3 Å². The molecule has 5 heteroatoms. The van der Waals surface area contributed by atoms with Crippen molar-refractivity contribution in [2.45, 2.75) is 31.8 Å². The van der Waals surface area contributed by atoms with E-state index in [-0.39, 0.29) is 5.91 Å². The third kappa shape index (κ3) is 3.42. The number of amides is 1. The summed E-state index contributed by atoms with van der Waals surface area (Å²) in [5, 5.41) is 0. The van der Waals surface area contributed by atoms with Crippen molar-refractivity contribution >= 4 is 5.91 Å². The molecule has 2 fully saturated rings. The van der Waals surface area contributed by atoms with Gasteiger partial charge in [0.2, 0.25) is 5.91 Å². The Morgan fingerprint density at radius 1 is 1.18 bits per heavy atom. The summed E-state index contributed by atoms with van der Waals surface area (Å²) in [4.78, 5) is 16.5. The van der Waals surface area contributed by atoms with Crippen LogP contribution < -0.4 is 10.5 Å². The minimum absolute atomic E-state index is 0.146. The van der Waals surface area contributed by atoms with Crippen molar-refractivity contribution in [3.8, 4) is 5.75 Å². The Bertz CT molecular complexity index is 517. The average molecular weight is 303 g/mol. The average Bonchev–Trinajstić information content (AvgIpc) is 3.29. The van der Waals surface area contributed by atoms with Gasteiger partial charge in [-0.15, -0.1) is 0 Å². The topological polar surface area (TPSA) is 58.8 Å². The molecule has 1 aromatic carbocycles. The highest BCUT2D eigenvalue weighted by atomic mass is 16.5. The molecule has 2 aliphatic rings. The fourth-order valence-corrected chi connectivity index (χ4v) is 2.89. The number of hydrogen-bond donors (Lipinski definition) is 1. The lowest BCUT2D eigenvalue weighted by molar-refractivity contribution is -0.135. The monoisotopic (exact) mass is 303 g/mol. The number of ether oxygens (including phenoxy) is 1. The van der Waals surface area contributed by atoms with Gasteiger partial charge in [-0.2, -0.15) is 0 Å². The second-order valence-electron chi connectivity index (χ2n) is 6.30. The summed E-state index contributed by atoms with van der Waals surface area (Å²) in [6.07, 6.45) is 1.69. The third-order valence-electron chi connectivity index (χ3n) is 4.51. The van der Waals surface area contributed by atoms with E-state index in [9.17, 15) is 4.79 Å². The van der Waals surface area contributed by atoms with E-state index >= 15 is 0 Å². The van der Waals surface area contributed by atoms with E-state index in [1.54, 1.807) is 0 Å². The zero-order chi connectivity index (χ0) is 15.6. The Morgan fingerprint density at radius 2 is 1.82 bits per heavy atom. The number of hydrogen-bond acceptors (Lipinski definition) is 4. The van der Waals surface area contributed by atoms with Crippen molar-refractivity contribution in [3.63, 3.8) is 0 Å². The molecule has 0 unspecified atom stereocenters. The fraction of sp³-hybridized carbons (Fsp3) is 0.588. The predicted octanol–water partition coefficient (Wildman–Crippen LogP) is 1.22. The Morgan fingerprint density at radius 3 is 2.36 bits per heavy atom. The van der Waals surface area contributed by atoms with Crippen molar-refractivity contribution in [3.05, 3.63) is 29.8 Å².